The second kappa shape index (κ2) is 8.81. The summed E-state index contributed by atoms with van der Waals surface area (Å²) in [7, 11) is 0. The number of hydrogen-bond acceptors (Lipinski definition) is 3. The van der Waals surface area contributed by atoms with Gasteiger partial charge >= 0.3 is 0 Å². The predicted octanol–water partition coefficient (Wildman–Crippen LogP) is 2.03. The summed E-state index contributed by atoms with van der Waals surface area (Å²) in [6, 6.07) is 9.70. The third-order valence-electron chi connectivity index (χ3n) is 1.44. The maximum absolute atomic E-state index is 5.39. The molecular weight excluding hydrogens is 202 g/mol. The van der Waals surface area contributed by atoms with Gasteiger partial charge in [-0.1, -0.05) is 25.1 Å². The molecule has 4 heteroatoms. The molecule has 0 heterocycles. The molecule has 0 saturated heterocycles. The summed E-state index contributed by atoms with van der Waals surface area (Å²) in [5.74, 6) is 0.877. The SMILES string of the molecule is CCNOCCOc1ccccc1.Cl. The highest BCUT2D eigenvalue weighted by atomic mass is 35.5. The Balaban J connectivity index is 0.00000169. The topological polar surface area (TPSA) is 30.5 Å². The molecule has 1 N–H and O–H groups in total. The number of hydrogen-bond donors (Lipinski definition) is 1. The smallest absolute Gasteiger partial charge is 0.119 e. The van der Waals surface area contributed by atoms with E-state index in [0.29, 0.717) is 13.2 Å². The summed E-state index contributed by atoms with van der Waals surface area (Å²) in [5.41, 5.74) is 2.75. The molecule has 1 rings (SSSR count). The fourth-order valence-electron chi connectivity index (χ4n) is 0.892. The molecule has 0 unspecified atom stereocenters. The molecule has 0 aliphatic rings. The maximum Gasteiger partial charge on any atom is 0.119 e. The molecule has 1 aromatic rings. The first kappa shape index (κ1) is 13.2. The molecule has 1 aromatic carbocycles. The zero-order valence-corrected chi connectivity index (χ0v) is 9.05. The second-order valence-corrected chi connectivity index (χ2v) is 2.51. The molecule has 3 nitrogen and oxygen atoms in total. The molecule has 0 amide bonds. The zero-order chi connectivity index (χ0) is 9.36. The van der Waals surface area contributed by atoms with Gasteiger partial charge < -0.3 is 4.74 Å². The number of ether oxygens (including phenoxy) is 1. The van der Waals surface area contributed by atoms with Crippen molar-refractivity contribution in [1.29, 1.82) is 0 Å². The number of nitrogens with one attached hydrogen (secondary N) is 1. The van der Waals surface area contributed by atoms with Crippen LogP contribution in [0.5, 0.6) is 5.75 Å². The van der Waals surface area contributed by atoms with Crippen LogP contribution in [0.1, 0.15) is 6.92 Å². The summed E-state index contributed by atoms with van der Waals surface area (Å²) in [6.07, 6.45) is 0. The van der Waals surface area contributed by atoms with Crippen LogP contribution in [-0.2, 0) is 4.84 Å². The Hall–Kier alpha value is -0.770. The monoisotopic (exact) mass is 217 g/mol. The van der Waals surface area contributed by atoms with Crippen molar-refractivity contribution in [2.24, 2.45) is 0 Å². The highest BCUT2D eigenvalue weighted by Gasteiger charge is 1.90. The molecule has 0 aliphatic carbocycles. The van der Waals surface area contributed by atoms with E-state index in [-0.39, 0.29) is 12.4 Å². The van der Waals surface area contributed by atoms with Crippen LogP contribution in [0.4, 0.5) is 0 Å². The minimum Gasteiger partial charge on any atom is -0.491 e. The van der Waals surface area contributed by atoms with Crippen LogP contribution < -0.4 is 10.2 Å². The van der Waals surface area contributed by atoms with Crippen LogP contribution in [0.3, 0.4) is 0 Å². The molecule has 14 heavy (non-hydrogen) atoms. The lowest BCUT2D eigenvalue weighted by Crippen LogP contribution is -2.18. The molecule has 0 atom stereocenters. The van der Waals surface area contributed by atoms with E-state index >= 15 is 0 Å². The Kier molecular flexibility index (Phi) is 8.33. The van der Waals surface area contributed by atoms with E-state index in [0.717, 1.165) is 12.3 Å². The fraction of sp³-hybridized carbons (Fsp3) is 0.400. The van der Waals surface area contributed by atoms with Gasteiger partial charge in [-0.15, -0.1) is 12.4 Å². The van der Waals surface area contributed by atoms with Crippen molar-refractivity contribution in [1.82, 2.24) is 5.48 Å². The van der Waals surface area contributed by atoms with E-state index in [1.807, 2.05) is 37.3 Å². The first-order valence-corrected chi connectivity index (χ1v) is 4.46. The van der Waals surface area contributed by atoms with Gasteiger partial charge in [0.1, 0.15) is 19.0 Å². The first-order valence-electron chi connectivity index (χ1n) is 4.46. The average Bonchev–Trinajstić information content (AvgIpc) is 2.19. The number of rotatable bonds is 6. The minimum atomic E-state index is 0. The molecule has 0 spiro atoms. The largest absolute Gasteiger partial charge is 0.491 e. The Bertz CT molecular complexity index is 219. The van der Waals surface area contributed by atoms with Gasteiger partial charge in [0.05, 0.1) is 0 Å². The number of benzene rings is 1. The van der Waals surface area contributed by atoms with Crippen LogP contribution >= 0.6 is 12.4 Å². The van der Waals surface area contributed by atoms with Gasteiger partial charge in [0.15, 0.2) is 0 Å². The Labute approximate surface area is 90.8 Å². The Morgan fingerprint density at radius 1 is 1.14 bits per heavy atom. The normalized spacial score (nSPS) is 9.21. The molecular formula is C10H16ClNO2. The quantitative estimate of drug-likeness (QED) is 0.584. The molecule has 0 bridgehead atoms. The standard InChI is InChI=1S/C10H15NO2.ClH/c1-2-11-13-9-8-12-10-6-4-3-5-7-10;/h3-7,11H,2,8-9H2,1H3;1H. The number of hydroxylamine groups is 1. The predicted molar refractivity (Wildman–Crippen MR) is 58.8 cm³/mol. The van der Waals surface area contributed by atoms with Gasteiger partial charge in [0.2, 0.25) is 0 Å². The molecule has 0 aliphatic heterocycles. The molecule has 0 aromatic heterocycles. The van der Waals surface area contributed by atoms with Crippen molar-refractivity contribution in [3.05, 3.63) is 30.3 Å². The Morgan fingerprint density at radius 2 is 1.86 bits per heavy atom. The van der Waals surface area contributed by atoms with Gasteiger partial charge in [-0.25, -0.2) is 5.48 Å². The van der Waals surface area contributed by atoms with Crippen LogP contribution in [0.25, 0.3) is 0 Å². The van der Waals surface area contributed by atoms with Crippen molar-refractivity contribution in [2.45, 2.75) is 6.92 Å². The third-order valence-corrected chi connectivity index (χ3v) is 1.44. The summed E-state index contributed by atoms with van der Waals surface area (Å²) >= 11 is 0. The van der Waals surface area contributed by atoms with Gasteiger partial charge in [0.25, 0.3) is 0 Å². The summed E-state index contributed by atoms with van der Waals surface area (Å²) in [6.45, 7) is 3.92. The number of halogens is 1. The lowest BCUT2D eigenvalue weighted by atomic mass is 10.3. The van der Waals surface area contributed by atoms with Crippen LogP contribution in [0.15, 0.2) is 30.3 Å². The van der Waals surface area contributed by atoms with E-state index < -0.39 is 0 Å². The van der Waals surface area contributed by atoms with E-state index in [1.165, 1.54) is 0 Å². The zero-order valence-electron chi connectivity index (χ0n) is 8.23. The van der Waals surface area contributed by atoms with Crippen molar-refractivity contribution >= 4 is 12.4 Å². The second-order valence-electron chi connectivity index (χ2n) is 2.51. The molecule has 0 saturated carbocycles. The van der Waals surface area contributed by atoms with Crippen molar-refractivity contribution in [3.8, 4) is 5.75 Å². The maximum atomic E-state index is 5.39. The van der Waals surface area contributed by atoms with E-state index in [9.17, 15) is 0 Å². The third kappa shape index (κ3) is 5.80. The van der Waals surface area contributed by atoms with Crippen molar-refractivity contribution in [2.75, 3.05) is 19.8 Å². The van der Waals surface area contributed by atoms with Crippen molar-refractivity contribution < 1.29 is 9.57 Å². The molecule has 0 fully saturated rings. The lowest BCUT2D eigenvalue weighted by Gasteiger charge is -2.05. The van der Waals surface area contributed by atoms with Crippen molar-refractivity contribution in [3.63, 3.8) is 0 Å². The highest BCUT2D eigenvalue weighted by Crippen LogP contribution is 2.07. The highest BCUT2D eigenvalue weighted by molar-refractivity contribution is 5.85. The lowest BCUT2D eigenvalue weighted by molar-refractivity contribution is 0.0254. The van der Waals surface area contributed by atoms with Crippen LogP contribution in [0, 0.1) is 0 Å². The summed E-state index contributed by atoms with van der Waals surface area (Å²) < 4.78 is 5.39. The van der Waals surface area contributed by atoms with E-state index in [1.54, 1.807) is 0 Å². The molecule has 0 radical (unpaired) electrons. The first-order chi connectivity index (χ1) is 6.43. The van der Waals surface area contributed by atoms with Gasteiger partial charge in [0, 0.05) is 6.54 Å². The summed E-state index contributed by atoms with van der Waals surface area (Å²) in [5, 5.41) is 0. The van der Waals surface area contributed by atoms with E-state index in [4.69, 9.17) is 9.57 Å². The fourth-order valence-corrected chi connectivity index (χ4v) is 0.892. The van der Waals surface area contributed by atoms with Gasteiger partial charge in [-0.2, -0.15) is 0 Å². The minimum absolute atomic E-state index is 0. The van der Waals surface area contributed by atoms with Crippen LogP contribution in [-0.4, -0.2) is 19.8 Å². The number of para-hydroxylation sites is 1. The Morgan fingerprint density at radius 3 is 2.50 bits per heavy atom. The average molecular weight is 218 g/mol. The van der Waals surface area contributed by atoms with E-state index in [2.05, 4.69) is 5.48 Å². The molecule has 80 valence electrons. The van der Waals surface area contributed by atoms with Gasteiger partial charge in [-0.3, -0.25) is 4.84 Å². The van der Waals surface area contributed by atoms with Gasteiger partial charge in [-0.05, 0) is 12.1 Å². The van der Waals surface area contributed by atoms with Crippen LogP contribution in [0.2, 0.25) is 0 Å². The summed E-state index contributed by atoms with van der Waals surface area (Å²) in [4.78, 5) is 5.03.